The topological polar surface area (TPSA) is 114 Å². The molecule has 9 nitrogen and oxygen atoms in total. The van der Waals surface area contributed by atoms with E-state index < -0.39 is 42.8 Å². The SMILES string of the molecule is O=C(COc1ccccc1C(=O)OCC(=O)N1CCNC1=O)Nc1ccccc1F. The normalized spacial score (nSPS) is 12.8. The van der Waals surface area contributed by atoms with E-state index in [1.165, 1.54) is 30.3 Å². The van der Waals surface area contributed by atoms with Gasteiger partial charge in [0.25, 0.3) is 11.8 Å². The van der Waals surface area contributed by atoms with Crippen molar-refractivity contribution in [1.82, 2.24) is 10.2 Å². The zero-order chi connectivity index (χ0) is 21.5. The highest BCUT2D eigenvalue weighted by Gasteiger charge is 2.27. The van der Waals surface area contributed by atoms with Crippen LogP contribution in [-0.4, -0.2) is 55.0 Å². The van der Waals surface area contributed by atoms with Crippen LogP contribution in [0.1, 0.15) is 10.4 Å². The largest absolute Gasteiger partial charge is 0.483 e. The Morgan fingerprint density at radius 3 is 2.53 bits per heavy atom. The first kappa shape index (κ1) is 20.8. The minimum Gasteiger partial charge on any atom is -0.483 e. The molecule has 0 saturated carbocycles. The summed E-state index contributed by atoms with van der Waals surface area (Å²) in [5.41, 5.74) is -0.00174. The average Bonchev–Trinajstić information content (AvgIpc) is 3.18. The Kier molecular flexibility index (Phi) is 6.58. The maximum atomic E-state index is 13.6. The van der Waals surface area contributed by atoms with Crippen LogP contribution in [0.5, 0.6) is 5.75 Å². The van der Waals surface area contributed by atoms with Crippen LogP contribution < -0.4 is 15.4 Å². The molecule has 30 heavy (non-hydrogen) atoms. The monoisotopic (exact) mass is 415 g/mol. The van der Waals surface area contributed by atoms with Crippen LogP contribution in [0.25, 0.3) is 0 Å². The van der Waals surface area contributed by atoms with Gasteiger partial charge in [0, 0.05) is 13.1 Å². The maximum absolute atomic E-state index is 13.6. The number of hydrogen-bond acceptors (Lipinski definition) is 6. The molecule has 1 saturated heterocycles. The lowest BCUT2D eigenvalue weighted by Gasteiger charge is -2.14. The first-order valence-corrected chi connectivity index (χ1v) is 8.97. The van der Waals surface area contributed by atoms with E-state index in [2.05, 4.69) is 10.6 Å². The summed E-state index contributed by atoms with van der Waals surface area (Å²) in [5.74, 6) is -2.67. The maximum Gasteiger partial charge on any atom is 0.342 e. The van der Waals surface area contributed by atoms with Crippen LogP contribution in [0.3, 0.4) is 0 Å². The van der Waals surface area contributed by atoms with E-state index in [0.717, 1.165) is 4.90 Å². The number of amides is 4. The number of imide groups is 1. The average molecular weight is 415 g/mol. The van der Waals surface area contributed by atoms with Crippen LogP contribution >= 0.6 is 0 Å². The van der Waals surface area contributed by atoms with Gasteiger partial charge in [-0.15, -0.1) is 0 Å². The number of carbonyl (C=O) groups excluding carboxylic acids is 4. The van der Waals surface area contributed by atoms with Crippen molar-refractivity contribution in [3.63, 3.8) is 0 Å². The highest BCUT2D eigenvalue weighted by atomic mass is 19.1. The second-order valence-electron chi connectivity index (χ2n) is 6.17. The van der Waals surface area contributed by atoms with Crippen LogP contribution in [0.15, 0.2) is 48.5 Å². The van der Waals surface area contributed by atoms with Gasteiger partial charge in [0.05, 0.1) is 5.69 Å². The third-order valence-corrected chi connectivity index (χ3v) is 4.10. The molecule has 0 bridgehead atoms. The zero-order valence-corrected chi connectivity index (χ0v) is 15.7. The molecule has 10 heteroatoms. The number of nitrogens with one attached hydrogen (secondary N) is 2. The Morgan fingerprint density at radius 1 is 1.07 bits per heavy atom. The number of ether oxygens (including phenoxy) is 2. The van der Waals surface area contributed by atoms with E-state index in [1.54, 1.807) is 18.2 Å². The Morgan fingerprint density at radius 2 is 1.80 bits per heavy atom. The molecule has 0 aliphatic carbocycles. The van der Waals surface area contributed by atoms with Gasteiger partial charge < -0.3 is 20.1 Å². The van der Waals surface area contributed by atoms with Crippen molar-refractivity contribution < 1.29 is 33.0 Å². The molecule has 1 fully saturated rings. The molecule has 0 atom stereocenters. The fourth-order valence-corrected chi connectivity index (χ4v) is 2.65. The molecule has 1 aliphatic rings. The number of halogens is 1. The smallest absolute Gasteiger partial charge is 0.342 e. The summed E-state index contributed by atoms with van der Waals surface area (Å²) in [4.78, 5) is 48.7. The van der Waals surface area contributed by atoms with Crippen molar-refractivity contribution >= 4 is 29.5 Å². The molecule has 0 spiro atoms. The Balaban J connectivity index is 1.56. The molecule has 1 aliphatic heterocycles. The van der Waals surface area contributed by atoms with Crippen molar-refractivity contribution in [1.29, 1.82) is 0 Å². The molecule has 3 rings (SSSR count). The predicted octanol–water partition coefficient (Wildman–Crippen LogP) is 1.55. The number of para-hydroxylation sites is 2. The molecule has 2 aromatic carbocycles. The number of urea groups is 1. The van der Waals surface area contributed by atoms with E-state index >= 15 is 0 Å². The Labute approximate surface area is 170 Å². The van der Waals surface area contributed by atoms with Crippen LogP contribution in [0, 0.1) is 5.82 Å². The molecule has 0 unspecified atom stereocenters. The van der Waals surface area contributed by atoms with Crippen molar-refractivity contribution in [3.8, 4) is 5.75 Å². The quantitative estimate of drug-likeness (QED) is 0.664. The number of rotatable bonds is 7. The molecule has 1 heterocycles. The summed E-state index contributed by atoms with van der Waals surface area (Å²) in [6.45, 7) is -0.559. The van der Waals surface area contributed by atoms with Gasteiger partial charge in [0.1, 0.15) is 17.1 Å². The van der Waals surface area contributed by atoms with Crippen molar-refractivity contribution in [2.75, 3.05) is 31.6 Å². The number of anilines is 1. The minimum atomic E-state index is -0.854. The fraction of sp³-hybridized carbons (Fsp3) is 0.200. The van der Waals surface area contributed by atoms with Gasteiger partial charge in [-0.2, -0.15) is 0 Å². The highest BCUT2D eigenvalue weighted by molar-refractivity contribution is 5.99. The molecular weight excluding hydrogens is 397 g/mol. The number of benzene rings is 2. The van der Waals surface area contributed by atoms with Crippen LogP contribution in [-0.2, 0) is 14.3 Å². The van der Waals surface area contributed by atoms with E-state index in [-0.39, 0.29) is 23.5 Å². The zero-order valence-electron chi connectivity index (χ0n) is 15.7. The van der Waals surface area contributed by atoms with Gasteiger partial charge in [-0.1, -0.05) is 24.3 Å². The van der Waals surface area contributed by atoms with Gasteiger partial charge in [-0.3, -0.25) is 14.5 Å². The highest BCUT2D eigenvalue weighted by Crippen LogP contribution is 2.19. The Hall–Kier alpha value is -3.95. The minimum absolute atomic E-state index is 0.00302. The van der Waals surface area contributed by atoms with Crippen molar-refractivity contribution in [2.45, 2.75) is 0 Å². The number of carbonyl (C=O) groups is 4. The predicted molar refractivity (Wildman–Crippen MR) is 102 cm³/mol. The summed E-state index contributed by atoms with van der Waals surface area (Å²) >= 11 is 0. The van der Waals surface area contributed by atoms with Gasteiger partial charge in [-0.25, -0.2) is 14.0 Å². The lowest BCUT2D eigenvalue weighted by Crippen LogP contribution is -2.37. The van der Waals surface area contributed by atoms with E-state index in [9.17, 15) is 23.6 Å². The summed E-state index contributed by atoms with van der Waals surface area (Å²) in [5, 5.41) is 4.83. The van der Waals surface area contributed by atoms with E-state index in [0.29, 0.717) is 6.54 Å². The molecule has 2 aromatic rings. The Bertz CT molecular complexity index is 981. The second-order valence-corrected chi connectivity index (χ2v) is 6.17. The first-order chi connectivity index (χ1) is 14.5. The molecule has 2 N–H and O–H groups in total. The van der Waals surface area contributed by atoms with Gasteiger partial charge in [-0.05, 0) is 24.3 Å². The van der Waals surface area contributed by atoms with Crippen LogP contribution in [0.4, 0.5) is 14.9 Å². The van der Waals surface area contributed by atoms with E-state index in [1.807, 2.05) is 0 Å². The molecular formula is C20H18FN3O6. The molecule has 0 radical (unpaired) electrons. The lowest BCUT2D eigenvalue weighted by molar-refractivity contribution is -0.130. The molecule has 4 amide bonds. The lowest BCUT2D eigenvalue weighted by atomic mass is 10.2. The molecule has 0 aromatic heterocycles. The second kappa shape index (κ2) is 9.50. The fourth-order valence-electron chi connectivity index (χ4n) is 2.65. The third kappa shape index (κ3) is 5.10. The first-order valence-electron chi connectivity index (χ1n) is 8.97. The van der Waals surface area contributed by atoms with Gasteiger partial charge >= 0.3 is 12.0 Å². The number of esters is 1. The summed E-state index contributed by atoms with van der Waals surface area (Å²) in [7, 11) is 0. The van der Waals surface area contributed by atoms with Gasteiger partial charge in [0.2, 0.25) is 0 Å². The summed E-state index contributed by atoms with van der Waals surface area (Å²) < 4.78 is 23.9. The van der Waals surface area contributed by atoms with Gasteiger partial charge in [0.15, 0.2) is 13.2 Å². The van der Waals surface area contributed by atoms with Crippen LogP contribution in [0.2, 0.25) is 0 Å². The summed E-state index contributed by atoms with van der Waals surface area (Å²) in [6, 6.07) is 11.1. The van der Waals surface area contributed by atoms with Crippen molar-refractivity contribution in [3.05, 3.63) is 59.9 Å². The standard InChI is InChI=1S/C20H18FN3O6/c21-14-6-2-3-7-15(14)23-17(25)11-29-16-8-4-1-5-13(16)19(27)30-12-18(26)24-10-9-22-20(24)28/h1-8H,9-12H2,(H,22,28)(H,23,25). The third-order valence-electron chi connectivity index (χ3n) is 4.10. The number of nitrogens with zero attached hydrogens (tertiary/aromatic N) is 1. The number of hydrogen-bond donors (Lipinski definition) is 2. The van der Waals surface area contributed by atoms with E-state index in [4.69, 9.17) is 9.47 Å². The molecule has 156 valence electrons. The van der Waals surface area contributed by atoms with Crippen molar-refractivity contribution in [2.24, 2.45) is 0 Å². The summed E-state index contributed by atoms with van der Waals surface area (Å²) in [6.07, 6.45) is 0.